The van der Waals surface area contributed by atoms with Gasteiger partial charge in [-0.2, -0.15) is 0 Å². The Hall–Kier alpha value is -4.88. The van der Waals surface area contributed by atoms with Crippen molar-refractivity contribution in [2.45, 2.75) is 97.3 Å². The van der Waals surface area contributed by atoms with E-state index in [1.54, 1.807) is 0 Å². The maximum Gasteiger partial charge on any atom is 0.0714 e. The lowest BCUT2D eigenvalue weighted by molar-refractivity contribution is 0.586. The lowest BCUT2D eigenvalue weighted by Gasteiger charge is -2.38. The molecule has 3 aliphatic carbocycles. The highest BCUT2D eigenvalue weighted by Crippen LogP contribution is 2.61. The molecular weight excluding hydrogens is 627 g/mol. The fraction of sp³-hybridized carbons (Fsp3) is 0.294. The molecule has 0 saturated carbocycles. The minimum Gasteiger partial charge on any atom is -0.310 e. The predicted molar refractivity (Wildman–Crippen MR) is 220 cm³/mol. The third kappa shape index (κ3) is 5.03. The van der Waals surface area contributed by atoms with Crippen molar-refractivity contribution in [3.63, 3.8) is 0 Å². The summed E-state index contributed by atoms with van der Waals surface area (Å²) in [5, 5.41) is 0. The summed E-state index contributed by atoms with van der Waals surface area (Å²) >= 11 is 0. The molecule has 0 saturated heterocycles. The number of fused-ring (bicyclic) bond motifs is 5. The summed E-state index contributed by atoms with van der Waals surface area (Å²) in [5.41, 5.74) is 22.6. The highest BCUT2D eigenvalue weighted by atomic mass is 15.1. The first kappa shape index (κ1) is 33.0. The van der Waals surface area contributed by atoms with E-state index in [0.717, 1.165) is 12.8 Å². The molecule has 0 atom stereocenters. The van der Waals surface area contributed by atoms with Crippen molar-refractivity contribution in [1.82, 2.24) is 0 Å². The van der Waals surface area contributed by atoms with Crippen molar-refractivity contribution in [2.75, 3.05) is 4.90 Å². The molecule has 0 aromatic heterocycles. The van der Waals surface area contributed by atoms with Gasteiger partial charge < -0.3 is 4.90 Å². The minimum atomic E-state index is -0.469. The molecule has 52 heavy (non-hydrogen) atoms. The average molecular weight is 678 g/mol. The monoisotopic (exact) mass is 677 g/mol. The van der Waals surface area contributed by atoms with E-state index in [4.69, 9.17) is 0 Å². The fourth-order valence-electron chi connectivity index (χ4n) is 8.96. The summed E-state index contributed by atoms with van der Waals surface area (Å²) in [6, 6.07) is 45.7. The van der Waals surface area contributed by atoms with Crippen LogP contribution in [0.4, 0.5) is 17.1 Å². The molecule has 3 aliphatic rings. The molecule has 1 heteroatoms. The van der Waals surface area contributed by atoms with Crippen LogP contribution in [-0.2, 0) is 41.9 Å². The molecule has 9 rings (SSSR count). The summed E-state index contributed by atoms with van der Waals surface area (Å²) in [5.74, 6) is 0. The van der Waals surface area contributed by atoms with Gasteiger partial charge in [0, 0.05) is 16.9 Å². The van der Waals surface area contributed by atoms with E-state index in [0.29, 0.717) is 0 Å². The number of benzene rings is 6. The van der Waals surface area contributed by atoms with Gasteiger partial charge >= 0.3 is 0 Å². The SMILES string of the molecule is Cc1ccc(N(c2ccc(C)cc2)c2cc(C(C)(C)C)cc3c2-c2ccc(C(C)(C)C)cc2C3(c2ccc3c(c2)CC3)c2ccc3c(c2)CC3)cc1. The van der Waals surface area contributed by atoms with Gasteiger partial charge in [-0.25, -0.2) is 0 Å². The van der Waals surface area contributed by atoms with Crippen LogP contribution in [0.15, 0.2) is 115 Å². The Labute approximate surface area is 311 Å². The molecule has 0 spiro atoms. The summed E-state index contributed by atoms with van der Waals surface area (Å²) in [6.45, 7) is 18.5. The van der Waals surface area contributed by atoms with Crippen molar-refractivity contribution >= 4 is 17.1 Å². The number of hydrogen-bond donors (Lipinski definition) is 0. The predicted octanol–water partition coefficient (Wildman–Crippen LogP) is 12.9. The van der Waals surface area contributed by atoms with Crippen molar-refractivity contribution in [3.8, 4) is 11.1 Å². The first-order chi connectivity index (χ1) is 24.8. The molecule has 0 aliphatic heterocycles. The lowest BCUT2D eigenvalue weighted by Crippen LogP contribution is -2.31. The quantitative estimate of drug-likeness (QED) is 0.175. The van der Waals surface area contributed by atoms with Gasteiger partial charge in [-0.3, -0.25) is 0 Å². The number of aryl methyl sites for hydroxylation is 6. The van der Waals surface area contributed by atoms with Crippen LogP contribution < -0.4 is 4.90 Å². The van der Waals surface area contributed by atoms with Crippen molar-refractivity contribution < 1.29 is 0 Å². The van der Waals surface area contributed by atoms with Gasteiger partial charge in [0.05, 0.1) is 11.1 Å². The highest BCUT2D eigenvalue weighted by Gasteiger charge is 2.49. The Kier molecular flexibility index (Phi) is 7.33. The zero-order valence-corrected chi connectivity index (χ0v) is 32.2. The summed E-state index contributed by atoms with van der Waals surface area (Å²) < 4.78 is 0. The third-order valence-corrected chi connectivity index (χ3v) is 12.4. The van der Waals surface area contributed by atoms with Gasteiger partial charge in [0.1, 0.15) is 0 Å². The number of nitrogens with zero attached hydrogens (tertiary/aromatic N) is 1. The molecule has 0 heterocycles. The second-order valence-electron chi connectivity index (χ2n) is 17.9. The van der Waals surface area contributed by atoms with Gasteiger partial charge in [-0.1, -0.05) is 138 Å². The van der Waals surface area contributed by atoms with Crippen LogP contribution in [0.1, 0.15) is 108 Å². The van der Waals surface area contributed by atoms with Gasteiger partial charge in [0.25, 0.3) is 0 Å². The van der Waals surface area contributed by atoms with Crippen molar-refractivity contribution in [1.29, 1.82) is 0 Å². The molecule has 0 fully saturated rings. The Morgan fingerprint density at radius 3 is 1.38 bits per heavy atom. The lowest BCUT2D eigenvalue weighted by atomic mass is 9.64. The van der Waals surface area contributed by atoms with E-state index in [1.807, 2.05) is 0 Å². The van der Waals surface area contributed by atoms with Gasteiger partial charge in [-0.05, 0) is 142 Å². The number of hydrogen-bond acceptors (Lipinski definition) is 1. The van der Waals surface area contributed by atoms with Crippen LogP contribution in [0.5, 0.6) is 0 Å². The van der Waals surface area contributed by atoms with Crippen LogP contribution in [0.2, 0.25) is 0 Å². The summed E-state index contributed by atoms with van der Waals surface area (Å²) in [7, 11) is 0. The molecule has 260 valence electrons. The van der Waals surface area contributed by atoms with Crippen LogP contribution in [0.25, 0.3) is 11.1 Å². The fourth-order valence-corrected chi connectivity index (χ4v) is 8.96. The number of anilines is 3. The second-order valence-corrected chi connectivity index (χ2v) is 17.9. The molecule has 1 nitrogen and oxygen atoms in total. The first-order valence-corrected chi connectivity index (χ1v) is 19.3. The van der Waals surface area contributed by atoms with Crippen LogP contribution >= 0.6 is 0 Å². The molecule has 0 radical (unpaired) electrons. The highest BCUT2D eigenvalue weighted by molar-refractivity contribution is 5.98. The maximum atomic E-state index is 2.59. The average Bonchev–Trinajstić information content (AvgIpc) is 3.37. The molecule has 0 amide bonds. The van der Waals surface area contributed by atoms with E-state index in [1.165, 1.54) is 108 Å². The van der Waals surface area contributed by atoms with E-state index in [-0.39, 0.29) is 10.8 Å². The van der Waals surface area contributed by atoms with Crippen LogP contribution in [-0.4, -0.2) is 0 Å². The Balaban J connectivity index is 1.46. The van der Waals surface area contributed by atoms with Crippen LogP contribution in [0.3, 0.4) is 0 Å². The normalized spacial score (nSPS) is 15.2. The molecule has 6 aromatic carbocycles. The second kappa shape index (κ2) is 11.6. The van der Waals surface area contributed by atoms with Gasteiger partial charge in [0.2, 0.25) is 0 Å². The molecule has 0 bridgehead atoms. The van der Waals surface area contributed by atoms with Gasteiger partial charge in [0.15, 0.2) is 0 Å². The van der Waals surface area contributed by atoms with Crippen LogP contribution in [0, 0.1) is 13.8 Å². The standard InChI is InChI=1S/C51H51N/c1-32-9-22-42(23-10-32)52(43-24-11-33(2)12-25-43)47-31-41(50(6,7)8)30-46-48(47)44-26-21-38(49(3,4)5)29-45(44)51(46,39-19-17-34-13-15-36(34)27-39)40-20-18-35-14-16-37(35)28-40/h9-12,17-31H,13-16H2,1-8H3. The Bertz CT molecular complexity index is 2270. The topological polar surface area (TPSA) is 3.24 Å². The molecular formula is C51H51N. The van der Waals surface area contributed by atoms with E-state index in [2.05, 4.69) is 176 Å². The van der Waals surface area contributed by atoms with Crippen molar-refractivity contribution in [2.24, 2.45) is 0 Å². The first-order valence-electron chi connectivity index (χ1n) is 19.3. The Morgan fingerprint density at radius 2 is 0.942 bits per heavy atom. The smallest absolute Gasteiger partial charge is 0.0714 e. The van der Waals surface area contributed by atoms with E-state index in [9.17, 15) is 0 Å². The maximum absolute atomic E-state index is 2.59. The summed E-state index contributed by atoms with van der Waals surface area (Å²) in [4.78, 5) is 2.53. The zero-order chi connectivity index (χ0) is 36.2. The van der Waals surface area contributed by atoms with E-state index < -0.39 is 5.41 Å². The molecule has 6 aromatic rings. The van der Waals surface area contributed by atoms with Crippen molar-refractivity contribution in [3.05, 3.63) is 182 Å². The molecule has 0 unspecified atom stereocenters. The largest absolute Gasteiger partial charge is 0.310 e. The van der Waals surface area contributed by atoms with E-state index >= 15 is 0 Å². The molecule has 0 N–H and O–H groups in total. The van der Waals surface area contributed by atoms with Gasteiger partial charge in [-0.15, -0.1) is 0 Å². The zero-order valence-electron chi connectivity index (χ0n) is 32.2. The number of rotatable bonds is 5. The third-order valence-electron chi connectivity index (χ3n) is 12.4. The minimum absolute atomic E-state index is 0.00564. The summed E-state index contributed by atoms with van der Waals surface area (Å²) in [6.07, 6.45) is 4.69. The Morgan fingerprint density at radius 1 is 0.462 bits per heavy atom.